The molecule has 0 atom stereocenters. The summed E-state index contributed by atoms with van der Waals surface area (Å²) < 4.78 is 0. The van der Waals surface area contributed by atoms with E-state index in [0.29, 0.717) is 5.95 Å². The van der Waals surface area contributed by atoms with E-state index in [1.54, 1.807) is 6.20 Å². The molecule has 0 saturated carbocycles. The summed E-state index contributed by atoms with van der Waals surface area (Å²) in [5.41, 5.74) is 24.2. The third kappa shape index (κ3) is 11.5. The van der Waals surface area contributed by atoms with Gasteiger partial charge in [0.05, 0.1) is 11.4 Å². The van der Waals surface area contributed by atoms with Crippen molar-refractivity contribution in [1.82, 2.24) is 19.9 Å². The number of hydrogen-bond donors (Lipinski definition) is 1. The van der Waals surface area contributed by atoms with Crippen LogP contribution in [0.25, 0.3) is 55.9 Å². The highest BCUT2D eigenvalue weighted by Gasteiger charge is 2.15. The second kappa shape index (κ2) is 23.2. The largest absolute Gasteiger partial charge is 0.368 e. The van der Waals surface area contributed by atoms with Crippen molar-refractivity contribution >= 4 is 51.7 Å². The van der Waals surface area contributed by atoms with Crippen molar-refractivity contribution in [3.8, 4) is 55.9 Å². The third-order valence-electron chi connectivity index (χ3n) is 13.3. The van der Waals surface area contributed by atoms with Crippen molar-refractivity contribution in [1.29, 1.82) is 0 Å². The van der Waals surface area contributed by atoms with Crippen LogP contribution in [0.1, 0.15) is 0 Å². The van der Waals surface area contributed by atoms with Crippen LogP contribution in [-0.4, -0.2) is 27.0 Å². The molecule has 10 aromatic carbocycles. The monoisotopic (exact) mass is 994 g/mol. The number of hydrogen-bond acceptors (Lipinski definition) is 8. The first kappa shape index (κ1) is 48.8. The van der Waals surface area contributed by atoms with E-state index in [9.17, 15) is 0 Å². The number of rotatable bonds is 13. The van der Waals surface area contributed by atoms with Crippen molar-refractivity contribution in [2.24, 2.45) is 0 Å². The molecule has 8 nitrogen and oxygen atoms in total. The lowest BCUT2D eigenvalue weighted by Crippen LogP contribution is -2.13. The highest BCUT2D eigenvalue weighted by Crippen LogP contribution is 2.38. The molecular formula is C69H54N8. The Hall–Kier alpha value is -10.4. The molecule has 0 radical (unpaired) electrons. The quantitative estimate of drug-likeness (QED) is 0.122. The van der Waals surface area contributed by atoms with Gasteiger partial charge in [-0.3, -0.25) is 0 Å². The Labute approximate surface area is 450 Å². The maximum atomic E-state index is 5.71. The molecule has 370 valence electrons. The van der Waals surface area contributed by atoms with Gasteiger partial charge < -0.3 is 20.4 Å². The molecule has 0 spiro atoms. The van der Waals surface area contributed by atoms with Gasteiger partial charge in [-0.25, -0.2) is 19.9 Å². The highest BCUT2D eigenvalue weighted by atomic mass is 15.2. The van der Waals surface area contributed by atoms with E-state index in [0.717, 1.165) is 84.6 Å². The van der Waals surface area contributed by atoms with Gasteiger partial charge in [-0.1, -0.05) is 188 Å². The fourth-order valence-electron chi connectivity index (χ4n) is 9.30. The zero-order chi connectivity index (χ0) is 52.2. The van der Waals surface area contributed by atoms with Gasteiger partial charge in [-0.15, -0.1) is 0 Å². The van der Waals surface area contributed by atoms with E-state index >= 15 is 0 Å². The lowest BCUT2D eigenvalue weighted by atomic mass is 10.0. The van der Waals surface area contributed by atoms with Crippen LogP contribution in [0.2, 0.25) is 0 Å². The van der Waals surface area contributed by atoms with Gasteiger partial charge >= 0.3 is 0 Å². The van der Waals surface area contributed by atoms with Crippen LogP contribution in [0.3, 0.4) is 0 Å². The van der Waals surface area contributed by atoms with Crippen LogP contribution in [-0.2, 0) is 0 Å². The summed E-state index contributed by atoms with van der Waals surface area (Å²) in [4.78, 5) is 24.3. The highest BCUT2D eigenvalue weighted by molar-refractivity contribution is 5.81. The summed E-state index contributed by atoms with van der Waals surface area (Å²) in [6.45, 7) is 0. The smallest absolute Gasteiger partial charge is 0.230 e. The summed E-state index contributed by atoms with van der Waals surface area (Å²) in [5, 5.41) is 0. The second-order valence-electron chi connectivity index (χ2n) is 18.3. The normalized spacial score (nSPS) is 10.7. The maximum absolute atomic E-state index is 5.71. The standard InChI is InChI=1S/C41H32N4.C28H22N4/c1-44(36-25-21-33(22-26-36)31-11-5-2-6-12-31)41-42-30-29-40(43-41)35-19-17-32(18-20-35)34-23-27-39(28-24-34)45(37-13-7-3-8-14-37)38-15-9-4-10-16-38;29-28-30-20-19-27(31-28)23-13-11-21(12-14-23)22-15-17-26(18-16-22)32(24-7-3-1-4-8-24)25-9-5-2-6-10-25/h2-30H,1H3;1-20H,(H2,29,30,31). The molecule has 0 aliphatic heterocycles. The minimum absolute atomic E-state index is 0.281. The number of aromatic nitrogens is 4. The van der Waals surface area contributed by atoms with Crippen molar-refractivity contribution in [3.63, 3.8) is 0 Å². The van der Waals surface area contributed by atoms with E-state index < -0.39 is 0 Å². The molecule has 0 fully saturated rings. The van der Waals surface area contributed by atoms with Gasteiger partial charge in [0, 0.05) is 70.4 Å². The van der Waals surface area contributed by atoms with Crippen molar-refractivity contribution in [2.75, 3.05) is 27.5 Å². The molecule has 0 aliphatic rings. The summed E-state index contributed by atoms with van der Waals surface area (Å²) in [6.07, 6.45) is 3.50. The number of anilines is 9. The minimum atomic E-state index is 0.281. The Bertz CT molecular complexity index is 3690. The molecule has 2 N–H and O–H groups in total. The number of para-hydroxylation sites is 4. The van der Waals surface area contributed by atoms with Crippen LogP contribution >= 0.6 is 0 Å². The van der Waals surface area contributed by atoms with E-state index in [2.05, 4.69) is 267 Å². The fourth-order valence-corrected chi connectivity index (χ4v) is 9.30. The Kier molecular flexibility index (Phi) is 14.7. The molecule has 12 rings (SSSR count). The van der Waals surface area contributed by atoms with E-state index in [1.807, 2.05) is 60.6 Å². The maximum Gasteiger partial charge on any atom is 0.230 e. The fraction of sp³-hybridized carbons (Fsp3) is 0.0145. The van der Waals surface area contributed by atoms with E-state index in [1.165, 1.54) is 11.1 Å². The molecule has 0 bridgehead atoms. The van der Waals surface area contributed by atoms with Crippen molar-refractivity contribution < 1.29 is 0 Å². The van der Waals surface area contributed by atoms with E-state index in [-0.39, 0.29) is 5.95 Å². The van der Waals surface area contributed by atoms with Gasteiger partial charge in [-0.05, 0) is 130 Å². The topological polar surface area (TPSA) is 87.3 Å². The molecule has 77 heavy (non-hydrogen) atoms. The number of nitrogens with zero attached hydrogens (tertiary/aromatic N) is 7. The van der Waals surface area contributed by atoms with Gasteiger partial charge in [0.15, 0.2) is 0 Å². The summed E-state index contributed by atoms with van der Waals surface area (Å²) in [5.74, 6) is 0.935. The average molecular weight is 995 g/mol. The van der Waals surface area contributed by atoms with Gasteiger partial charge in [0.2, 0.25) is 11.9 Å². The van der Waals surface area contributed by atoms with Crippen LogP contribution in [0.4, 0.5) is 51.7 Å². The first-order valence-electron chi connectivity index (χ1n) is 25.5. The van der Waals surface area contributed by atoms with Crippen LogP contribution in [0, 0.1) is 0 Å². The molecular weight excluding hydrogens is 941 g/mol. The van der Waals surface area contributed by atoms with Gasteiger partial charge in [0.25, 0.3) is 0 Å². The summed E-state index contributed by atoms with van der Waals surface area (Å²) >= 11 is 0. The SMILES string of the molecule is CN(c1ccc(-c2ccccc2)cc1)c1nccc(-c2ccc(-c3ccc(N(c4ccccc4)c4ccccc4)cc3)cc2)n1.Nc1nccc(-c2ccc(-c3ccc(N(c4ccccc4)c4ccccc4)cc3)cc2)n1. The Morgan fingerprint density at radius 1 is 0.260 bits per heavy atom. The predicted octanol–water partition coefficient (Wildman–Crippen LogP) is 17.6. The summed E-state index contributed by atoms with van der Waals surface area (Å²) in [7, 11) is 2.00. The zero-order valence-electron chi connectivity index (χ0n) is 42.5. The lowest BCUT2D eigenvalue weighted by Gasteiger charge is -2.25. The molecule has 2 aromatic heterocycles. The molecule has 12 aromatic rings. The third-order valence-corrected chi connectivity index (χ3v) is 13.3. The molecule has 2 heterocycles. The zero-order valence-corrected chi connectivity index (χ0v) is 42.5. The predicted molar refractivity (Wildman–Crippen MR) is 320 cm³/mol. The van der Waals surface area contributed by atoms with Crippen LogP contribution in [0.5, 0.6) is 0 Å². The number of nitrogen functional groups attached to an aromatic ring is 1. The van der Waals surface area contributed by atoms with Crippen molar-refractivity contribution in [2.45, 2.75) is 0 Å². The van der Waals surface area contributed by atoms with Crippen LogP contribution in [0.15, 0.2) is 298 Å². The van der Waals surface area contributed by atoms with Gasteiger partial charge in [0.1, 0.15) is 0 Å². The first-order chi connectivity index (χ1) is 38.0. The second-order valence-corrected chi connectivity index (χ2v) is 18.3. The Morgan fingerprint density at radius 2 is 0.532 bits per heavy atom. The first-order valence-corrected chi connectivity index (χ1v) is 25.5. The minimum Gasteiger partial charge on any atom is -0.368 e. The Balaban J connectivity index is 0.000000174. The average Bonchev–Trinajstić information content (AvgIpc) is 3.51. The molecule has 0 unspecified atom stereocenters. The van der Waals surface area contributed by atoms with Gasteiger partial charge in [-0.2, -0.15) is 0 Å². The molecule has 8 heteroatoms. The number of nitrogens with two attached hydrogens (primary N) is 1. The lowest BCUT2D eigenvalue weighted by molar-refractivity contribution is 1.05. The van der Waals surface area contributed by atoms with E-state index in [4.69, 9.17) is 10.7 Å². The molecule has 0 saturated heterocycles. The van der Waals surface area contributed by atoms with Crippen molar-refractivity contribution in [3.05, 3.63) is 298 Å². The summed E-state index contributed by atoms with van der Waals surface area (Å²) in [6, 6.07) is 98.7. The van der Waals surface area contributed by atoms with Crippen LogP contribution < -0.4 is 20.4 Å². The molecule has 0 amide bonds. The Morgan fingerprint density at radius 3 is 0.896 bits per heavy atom. The molecule has 0 aliphatic carbocycles. The number of benzene rings is 10.